The number of pyridine rings is 2. The summed E-state index contributed by atoms with van der Waals surface area (Å²) in [6.07, 6.45) is 8.35. The van der Waals surface area contributed by atoms with E-state index in [0.29, 0.717) is 39.2 Å². The van der Waals surface area contributed by atoms with Crippen LogP contribution in [0.15, 0.2) is 55.1 Å². The number of fused-ring (bicyclic) bond motifs is 3. The quantitative estimate of drug-likeness (QED) is 0.360. The fourth-order valence-electron chi connectivity index (χ4n) is 4.91. The van der Waals surface area contributed by atoms with Gasteiger partial charge in [-0.1, -0.05) is 29.3 Å². The molecule has 1 aliphatic rings. The third kappa shape index (κ3) is 3.73. The molecule has 0 spiro atoms. The zero-order chi connectivity index (χ0) is 25.0. The predicted octanol–water partition coefficient (Wildman–Crippen LogP) is 5.01. The average molecular weight is 521 g/mol. The highest BCUT2D eigenvalue weighted by molar-refractivity contribution is 6.39. The van der Waals surface area contributed by atoms with Crippen molar-refractivity contribution in [2.24, 2.45) is 0 Å². The summed E-state index contributed by atoms with van der Waals surface area (Å²) in [4.78, 5) is 23.1. The third-order valence-corrected chi connectivity index (χ3v) is 7.45. The lowest BCUT2D eigenvalue weighted by Gasteiger charge is -2.14. The SMILES string of the molecule is CC(=O)N1CC[C@H](n2cc(-c3cnc4ccn5c(CO)c(-c6c(Cl)cccc6Cl)nc5c4c3)cn2)C1. The highest BCUT2D eigenvalue weighted by atomic mass is 35.5. The molecule has 182 valence electrons. The number of aliphatic hydroxyl groups excluding tert-OH is 1. The summed E-state index contributed by atoms with van der Waals surface area (Å²) in [7, 11) is 0. The van der Waals surface area contributed by atoms with Crippen LogP contribution in [0, 0.1) is 0 Å². The maximum absolute atomic E-state index is 11.7. The number of aliphatic hydroxyl groups is 1. The number of halogens is 2. The van der Waals surface area contributed by atoms with E-state index in [9.17, 15) is 9.90 Å². The van der Waals surface area contributed by atoms with E-state index in [1.54, 1.807) is 25.1 Å². The molecule has 0 bridgehead atoms. The molecule has 1 aromatic carbocycles. The van der Waals surface area contributed by atoms with Gasteiger partial charge in [-0.2, -0.15) is 5.10 Å². The monoisotopic (exact) mass is 520 g/mol. The number of hydrogen-bond donors (Lipinski definition) is 1. The zero-order valence-electron chi connectivity index (χ0n) is 19.4. The van der Waals surface area contributed by atoms with Crippen LogP contribution in [0.1, 0.15) is 25.1 Å². The third-order valence-electron chi connectivity index (χ3n) is 6.82. The van der Waals surface area contributed by atoms with Crippen LogP contribution >= 0.6 is 23.2 Å². The van der Waals surface area contributed by atoms with Crippen LogP contribution in [0.3, 0.4) is 0 Å². The molecule has 1 fully saturated rings. The minimum Gasteiger partial charge on any atom is -0.390 e. The molecule has 8 nitrogen and oxygen atoms in total. The van der Waals surface area contributed by atoms with Crippen molar-refractivity contribution in [1.82, 2.24) is 29.0 Å². The smallest absolute Gasteiger partial charge is 0.219 e. The summed E-state index contributed by atoms with van der Waals surface area (Å²) < 4.78 is 3.78. The normalized spacial score (nSPS) is 15.9. The molecule has 36 heavy (non-hydrogen) atoms. The number of nitrogens with zero attached hydrogens (tertiary/aromatic N) is 6. The molecule has 0 unspecified atom stereocenters. The molecule has 4 aromatic heterocycles. The van der Waals surface area contributed by atoms with Gasteiger partial charge in [0.25, 0.3) is 0 Å². The summed E-state index contributed by atoms with van der Waals surface area (Å²) in [6.45, 7) is 2.78. The lowest BCUT2D eigenvalue weighted by Crippen LogP contribution is -2.26. The van der Waals surface area contributed by atoms with Gasteiger partial charge in [-0.3, -0.25) is 14.5 Å². The van der Waals surface area contributed by atoms with E-state index in [1.165, 1.54) is 0 Å². The van der Waals surface area contributed by atoms with Crippen LogP contribution in [-0.4, -0.2) is 53.2 Å². The molecule has 1 aliphatic heterocycles. The van der Waals surface area contributed by atoms with Crippen molar-refractivity contribution in [3.63, 3.8) is 0 Å². The van der Waals surface area contributed by atoms with Gasteiger partial charge >= 0.3 is 0 Å². The van der Waals surface area contributed by atoms with Crippen molar-refractivity contribution >= 4 is 45.7 Å². The van der Waals surface area contributed by atoms with Crippen LogP contribution in [0.25, 0.3) is 38.9 Å². The Labute approximate surface area is 216 Å². The first-order chi connectivity index (χ1) is 17.4. The predicted molar refractivity (Wildman–Crippen MR) is 139 cm³/mol. The number of carbonyl (C=O) groups excluding carboxylic acids is 1. The first-order valence-electron chi connectivity index (χ1n) is 11.6. The van der Waals surface area contributed by atoms with Crippen LogP contribution in [0.5, 0.6) is 0 Å². The first-order valence-corrected chi connectivity index (χ1v) is 12.3. The number of likely N-dealkylation sites (tertiary alicyclic amines) is 1. The Hall–Kier alpha value is -3.46. The second kappa shape index (κ2) is 8.89. The Morgan fingerprint density at radius 1 is 1.17 bits per heavy atom. The van der Waals surface area contributed by atoms with Crippen molar-refractivity contribution in [2.75, 3.05) is 13.1 Å². The Balaban J connectivity index is 1.45. The summed E-state index contributed by atoms with van der Waals surface area (Å²) in [5.74, 6) is 0.0898. The Kier molecular flexibility index (Phi) is 5.67. The molecule has 0 radical (unpaired) electrons. The van der Waals surface area contributed by atoms with Crippen molar-refractivity contribution in [3.05, 3.63) is 70.9 Å². The highest BCUT2D eigenvalue weighted by Gasteiger charge is 2.26. The fourth-order valence-corrected chi connectivity index (χ4v) is 5.49. The summed E-state index contributed by atoms with van der Waals surface area (Å²) in [6, 6.07) is 9.36. The Morgan fingerprint density at radius 3 is 2.69 bits per heavy atom. The largest absolute Gasteiger partial charge is 0.390 e. The molecule has 5 heterocycles. The minimum absolute atomic E-state index is 0.0898. The van der Waals surface area contributed by atoms with E-state index in [-0.39, 0.29) is 18.6 Å². The number of benzene rings is 1. The van der Waals surface area contributed by atoms with Crippen LogP contribution in [-0.2, 0) is 11.4 Å². The van der Waals surface area contributed by atoms with Gasteiger partial charge in [0.2, 0.25) is 5.91 Å². The fraction of sp³-hybridized carbons (Fsp3) is 0.231. The van der Waals surface area contributed by atoms with Gasteiger partial charge in [0.05, 0.1) is 45.8 Å². The van der Waals surface area contributed by atoms with E-state index < -0.39 is 0 Å². The van der Waals surface area contributed by atoms with Gasteiger partial charge in [0.1, 0.15) is 5.65 Å². The number of aromatic nitrogens is 5. The minimum atomic E-state index is -0.234. The van der Waals surface area contributed by atoms with E-state index in [4.69, 9.17) is 28.2 Å². The molecular formula is C26H22Cl2N6O2. The van der Waals surface area contributed by atoms with E-state index in [2.05, 4.69) is 10.1 Å². The first kappa shape index (κ1) is 23.0. The lowest BCUT2D eigenvalue weighted by molar-refractivity contribution is -0.127. The van der Waals surface area contributed by atoms with Crippen molar-refractivity contribution in [3.8, 4) is 22.4 Å². The molecule has 1 N–H and O–H groups in total. The van der Waals surface area contributed by atoms with Crippen molar-refractivity contribution < 1.29 is 9.90 Å². The maximum Gasteiger partial charge on any atom is 0.219 e. The number of hydrogen-bond acceptors (Lipinski definition) is 5. The topological polar surface area (TPSA) is 88.6 Å². The lowest BCUT2D eigenvalue weighted by atomic mass is 10.1. The van der Waals surface area contributed by atoms with E-state index in [1.807, 2.05) is 50.9 Å². The van der Waals surface area contributed by atoms with E-state index in [0.717, 1.165) is 35.0 Å². The standard InChI is InChI=1S/C26H22Cl2N6O2/c1-15(36)32-7-5-18(13-32)34-12-17(11-30-34)16-9-19-22(29-10-16)6-8-33-23(14-35)25(31-26(19)33)24-20(27)3-2-4-21(24)28/h2-4,6,8-12,18,35H,5,7,13-14H2,1H3/t18-/m0/s1. The van der Waals surface area contributed by atoms with Crippen LogP contribution < -0.4 is 0 Å². The van der Waals surface area contributed by atoms with Gasteiger partial charge in [-0.15, -0.1) is 0 Å². The molecule has 6 rings (SSSR count). The number of imidazole rings is 1. The zero-order valence-corrected chi connectivity index (χ0v) is 20.9. The van der Waals surface area contributed by atoms with Crippen LogP contribution in [0.4, 0.5) is 0 Å². The van der Waals surface area contributed by atoms with Crippen molar-refractivity contribution in [2.45, 2.75) is 26.0 Å². The average Bonchev–Trinajstić information content (AvgIpc) is 3.61. The highest BCUT2D eigenvalue weighted by Crippen LogP contribution is 2.38. The molecule has 10 heteroatoms. The summed E-state index contributed by atoms with van der Waals surface area (Å²) in [5.41, 5.74) is 4.97. The molecule has 1 saturated heterocycles. The number of amides is 1. The Bertz CT molecular complexity index is 1620. The van der Waals surface area contributed by atoms with Gasteiger partial charge in [0.15, 0.2) is 0 Å². The molecule has 0 saturated carbocycles. The molecule has 5 aromatic rings. The molecule has 1 atom stereocenters. The molecule has 0 aliphatic carbocycles. The van der Waals surface area contributed by atoms with Crippen LogP contribution in [0.2, 0.25) is 10.0 Å². The Morgan fingerprint density at radius 2 is 1.97 bits per heavy atom. The van der Waals surface area contributed by atoms with Gasteiger partial charge in [0, 0.05) is 60.7 Å². The van der Waals surface area contributed by atoms with E-state index >= 15 is 0 Å². The van der Waals surface area contributed by atoms with Gasteiger partial charge < -0.3 is 14.4 Å². The molecule has 1 amide bonds. The second-order valence-electron chi connectivity index (χ2n) is 8.94. The van der Waals surface area contributed by atoms with Gasteiger partial charge in [-0.25, -0.2) is 4.98 Å². The summed E-state index contributed by atoms with van der Waals surface area (Å²) >= 11 is 12.9. The maximum atomic E-state index is 11.7. The van der Waals surface area contributed by atoms with Gasteiger partial charge in [-0.05, 0) is 30.7 Å². The number of rotatable bonds is 4. The molecular weight excluding hydrogens is 499 g/mol. The number of carbonyl (C=O) groups is 1. The summed E-state index contributed by atoms with van der Waals surface area (Å²) in [5, 5.41) is 16.5. The van der Waals surface area contributed by atoms with Crippen molar-refractivity contribution in [1.29, 1.82) is 0 Å². The second-order valence-corrected chi connectivity index (χ2v) is 9.76.